The number of nitrogens with zero attached hydrogens (tertiary/aromatic N) is 2. The van der Waals surface area contributed by atoms with Gasteiger partial charge in [0.25, 0.3) is 0 Å². The van der Waals surface area contributed by atoms with Gasteiger partial charge >= 0.3 is 0 Å². The summed E-state index contributed by atoms with van der Waals surface area (Å²) in [6.45, 7) is 1.83. The van der Waals surface area contributed by atoms with E-state index in [0.717, 1.165) is 15.8 Å². The van der Waals surface area contributed by atoms with E-state index < -0.39 is 10.0 Å². The van der Waals surface area contributed by atoms with E-state index in [-0.39, 0.29) is 4.90 Å². The molecule has 2 aromatic carbocycles. The van der Waals surface area contributed by atoms with Gasteiger partial charge in [0.1, 0.15) is 0 Å². The maximum Gasteiger partial charge on any atom is 0.238 e. The van der Waals surface area contributed by atoms with Crippen molar-refractivity contribution >= 4 is 42.4 Å². The minimum absolute atomic E-state index is 0.0770. The number of hydrazone groups is 1. The highest BCUT2D eigenvalue weighted by molar-refractivity contribution is 7.89. The van der Waals surface area contributed by atoms with Crippen molar-refractivity contribution in [1.82, 2.24) is 4.98 Å². The smallest absolute Gasteiger partial charge is 0.238 e. The van der Waals surface area contributed by atoms with E-state index in [1.807, 2.05) is 31.2 Å². The van der Waals surface area contributed by atoms with E-state index in [9.17, 15) is 8.42 Å². The summed E-state index contributed by atoms with van der Waals surface area (Å²) in [7, 11) is -3.68. The van der Waals surface area contributed by atoms with Crippen LogP contribution in [0.5, 0.6) is 0 Å². The van der Waals surface area contributed by atoms with Crippen LogP contribution in [-0.2, 0) is 10.0 Å². The Labute approximate surface area is 137 Å². The highest BCUT2D eigenvalue weighted by Gasteiger charge is 2.08. The lowest BCUT2D eigenvalue weighted by atomic mass is 10.1. The topological polar surface area (TPSA) is 97.4 Å². The maximum absolute atomic E-state index is 11.2. The van der Waals surface area contributed by atoms with Crippen LogP contribution in [0.25, 0.3) is 10.2 Å². The number of sulfonamides is 1. The summed E-state index contributed by atoms with van der Waals surface area (Å²) in [5.41, 5.74) is 5.36. The number of fused-ring (bicyclic) bond motifs is 1. The zero-order valence-corrected chi connectivity index (χ0v) is 13.9. The lowest BCUT2D eigenvalue weighted by Crippen LogP contribution is -2.12. The molecule has 3 aromatic rings. The van der Waals surface area contributed by atoms with Crippen LogP contribution in [0.15, 0.2) is 58.5 Å². The molecule has 0 aliphatic rings. The van der Waals surface area contributed by atoms with Crippen LogP contribution in [0, 0.1) is 0 Å². The molecule has 1 aromatic heterocycles. The van der Waals surface area contributed by atoms with E-state index in [1.165, 1.54) is 23.5 Å². The molecular formula is C15H14N4O2S2. The number of nitrogens with two attached hydrogens (primary N) is 1. The first-order valence-electron chi connectivity index (χ1n) is 6.72. The average Bonchev–Trinajstić information content (AvgIpc) is 2.95. The second-order valence-corrected chi connectivity index (χ2v) is 7.46. The standard InChI is InChI=1S/C15H14N4O2S2/c1-10(11-6-8-12(9-7-11)23(16,20)21)18-19-15-17-13-4-2-3-5-14(13)22-15/h2-9H,1H3,(H,17,19)(H2,16,20,21)/b18-10+. The molecule has 118 valence electrons. The van der Waals surface area contributed by atoms with E-state index in [0.29, 0.717) is 10.8 Å². The number of hydrogen-bond acceptors (Lipinski definition) is 6. The maximum atomic E-state index is 11.2. The highest BCUT2D eigenvalue weighted by atomic mass is 32.2. The number of aromatic nitrogens is 1. The lowest BCUT2D eigenvalue weighted by molar-refractivity contribution is 0.598. The fraction of sp³-hybridized carbons (Fsp3) is 0.0667. The molecule has 0 aliphatic carbocycles. The van der Waals surface area contributed by atoms with Gasteiger partial charge in [0.2, 0.25) is 15.2 Å². The number of benzene rings is 2. The number of rotatable bonds is 4. The lowest BCUT2D eigenvalue weighted by Gasteiger charge is -2.03. The van der Waals surface area contributed by atoms with Crippen LogP contribution in [0.2, 0.25) is 0 Å². The van der Waals surface area contributed by atoms with Crippen LogP contribution < -0.4 is 10.6 Å². The van der Waals surface area contributed by atoms with Crippen LogP contribution in [0.1, 0.15) is 12.5 Å². The number of nitrogens with one attached hydrogen (secondary N) is 1. The van der Waals surface area contributed by atoms with Crippen molar-refractivity contribution in [2.75, 3.05) is 5.43 Å². The summed E-state index contributed by atoms with van der Waals surface area (Å²) in [5.74, 6) is 0. The molecule has 0 saturated carbocycles. The Kier molecular flexibility index (Phi) is 4.12. The first-order valence-corrected chi connectivity index (χ1v) is 9.09. The number of thiazole rings is 1. The first-order chi connectivity index (χ1) is 10.9. The monoisotopic (exact) mass is 346 g/mol. The number of hydrogen-bond donors (Lipinski definition) is 2. The summed E-state index contributed by atoms with van der Waals surface area (Å²) >= 11 is 1.52. The molecule has 0 saturated heterocycles. The van der Waals surface area contributed by atoms with Crippen LogP contribution in [0.4, 0.5) is 5.13 Å². The zero-order valence-electron chi connectivity index (χ0n) is 12.2. The van der Waals surface area contributed by atoms with Gasteiger partial charge in [0.15, 0.2) is 0 Å². The van der Waals surface area contributed by atoms with Gasteiger partial charge in [-0.3, -0.25) is 5.43 Å². The van der Waals surface area contributed by atoms with Gasteiger partial charge in [-0.25, -0.2) is 18.5 Å². The van der Waals surface area contributed by atoms with Gasteiger partial charge in [-0.05, 0) is 36.8 Å². The highest BCUT2D eigenvalue weighted by Crippen LogP contribution is 2.25. The molecule has 0 amide bonds. The summed E-state index contributed by atoms with van der Waals surface area (Å²) < 4.78 is 23.6. The molecule has 1 heterocycles. The molecule has 3 rings (SSSR count). The van der Waals surface area contributed by atoms with Crippen molar-refractivity contribution < 1.29 is 8.42 Å². The molecule has 0 radical (unpaired) electrons. The average molecular weight is 346 g/mol. The summed E-state index contributed by atoms with van der Waals surface area (Å²) in [6.07, 6.45) is 0. The van der Waals surface area contributed by atoms with E-state index in [2.05, 4.69) is 15.5 Å². The molecule has 0 spiro atoms. The third kappa shape index (κ3) is 3.55. The van der Waals surface area contributed by atoms with Crippen molar-refractivity contribution in [1.29, 1.82) is 0 Å². The SMILES string of the molecule is C/C(=N\Nc1nc2ccccc2s1)c1ccc(S(N)(=O)=O)cc1. The molecule has 23 heavy (non-hydrogen) atoms. The quantitative estimate of drug-likeness (QED) is 0.560. The molecule has 0 fully saturated rings. The second kappa shape index (κ2) is 6.07. The molecular weight excluding hydrogens is 332 g/mol. The molecule has 6 nitrogen and oxygen atoms in total. The minimum atomic E-state index is -3.68. The van der Waals surface area contributed by atoms with Crippen LogP contribution in [-0.4, -0.2) is 19.1 Å². The Morgan fingerprint density at radius 1 is 1.17 bits per heavy atom. The third-order valence-electron chi connectivity index (χ3n) is 3.21. The van der Waals surface area contributed by atoms with E-state index in [4.69, 9.17) is 5.14 Å². The van der Waals surface area contributed by atoms with Crippen LogP contribution >= 0.6 is 11.3 Å². The largest absolute Gasteiger partial charge is 0.252 e. The Morgan fingerprint density at radius 3 is 2.52 bits per heavy atom. The molecule has 0 bridgehead atoms. The first kappa shape index (κ1) is 15.6. The molecule has 0 atom stereocenters. The number of anilines is 1. The van der Waals surface area contributed by atoms with Gasteiger partial charge in [-0.15, -0.1) is 0 Å². The Bertz CT molecular complexity index is 943. The van der Waals surface area contributed by atoms with Gasteiger partial charge in [0.05, 0.1) is 20.8 Å². The normalized spacial score (nSPS) is 12.5. The number of para-hydroxylation sites is 1. The summed E-state index contributed by atoms with van der Waals surface area (Å²) in [6, 6.07) is 14.1. The van der Waals surface area contributed by atoms with Gasteiger partial charge < -0.3 is 0 Å². The predicted molar refractivity (Wildman–Crippen MR) is 93.3 cm³/mol. The summed E-state index contributed by atoms with van der Waals surface area (Å²) in [4.78, 5) is 4.51. The van der Waals surface area contributed by atoms with Gasteiger partial charge in [0, 0.05) is 0 Å². The van der Waals surface area contributed by atoms with Crippen molar-refractivity contribution in [3.05, 3.63) is 54.1 Å². The Hall–Kier alpha value is -2.29. The molecule has 0 aliphatic heterocycles. The van der Waals surface area contributed by atoms with Crippen molar-refractivity contribution in [2.45, 2.75) is 11.8 Å². The summed E-state index contributed by atoms with van der Waals surface area (Å²) in [5, 5.41) is 10.1. The second-order valence-electron chi connectivity index (χ2n) is 4.87. The Morgan fingerprint density at radius 2 is 1.87 bits per heavy atom. The Balaban J connectivity index is 1.79. The van der Waals surface area contributed by atoms with Crippen LogP contribution in [0.3, 0.4) is 0 Å². The number of primary sulfonamides is 1. The van der Waals surface area contributed by atoms with Crippen molar-refractivity contribution in [3.63, 3.8) is 0 Å². The zero-order chi connectivity index (χ0) is 16.4. The fourth-order valence-electron chi connectivity index (χ4n) is 2.00. The minimum Gasteiger partial charge on any atom is -0.252 e. The van der Waals surface area contributed by atoms with E-state index in [1.54, 1.807) is 12.1 Å². The molecule has 0 unspecified atom stereocenters. The van der Waals surface area contributed by atoms with Crippen molar-refractivity contribution in [2.24, 2.45) is 10.2 Å². The molecule has 8 heteroatoms. The predicted octanol–water partition coefficient (Wildman–Crippen LogP) is 2.78. The van der Waals surface area contributed by atoms with Gasteiger partial charge in [-0.1, -0.05) is 35.6 Å². The third-order valence-corrected chi connectivity index (χ3v) is 5.08. The van der Waals surface area contributed by atoms with Gasteiger partial charge in [-0.2, -0.15) is 5.10 Å². The fourth-order valence-corrected chi connectivity index (χ4v) is 3.33. The molecule has 3 N–H and O–H groups in total. The van der Waals surface area contributed by atoms with Crippen molar-refractivity contribution in [3.8, 4) is 0 Å². The van der Waals surface area contributed by atoms with E-state index >= 15 is 0 Å².